The van der Waals surface area contributed by atoms with E-state index in [-0.39, 0.29) is 99.9 Å². The monoisotopic (exact) mass is 1990 g/mol. The van der Waals surface area contributed by atoms with E-state index in [0.29, 0.717) is 140 Å². The fourth-order valence-corrected chi connectivity index (χ4v) is 20.1. The Morgan fingerprint density at radius 1 is 0.349 bits per heavy atom. The van der Waals surface area contributed by atoms with E-state index in [1.165, 1.54) is 70.2 Å². The highest BCUT2D eigenvalue weighted by Gasteiger charge is 2.44. The molecule has 0 radical (unpaired) electrons. The molecule has 39 heteroatoms. The minimum atomic E-state index is -3.33. The molecule has 4 aromatic carbocycles. The van der Waals surface area contributed by atoms with Gasteiger partial charge < -0.3 is 63.2 Å². The highest BCUT2D eigenvalue weighted by Crippen LogP contribution is 2.43. The highest BCUT2D eigenvalue weighted by molar-refractivity contribution is 7.88. The Morgan fingerprint density at radius 3 is 0.863 bits per heavy atom. The summed E-state index contributed by atoms with van der Waals surface area (Å²) in [4.78, 5) is 132. The van der Waals surface area contributed by atoms with Crippen LogP contribution in [0.1, 0.15) is 168 Å². The molecule has 0 saturated carbocycles. The van der Waals surface area contributed by atoms with Crippen LogP contribution in [0.3, 0.4) is 0 Å². The number of rotatable bonds is 24. The molecule has 0 spiro atoms. The van der Waals surface area contributed by atoms with E-state index in [2.05, 4.69) is 40.3 Å². The van der Waals surface area contributed by atoms with Gasteiger partial charge >= 0.3 is 0 Å². The summed E-state index contributed by atoms with van der Waals surface area (Å²) in [6.07, 6.45) is 16.7. The second kappa shape index (κ2) is 42.5. The Bertz CT molecular complexity index is 7730. The summed E-state index contributed by atoms with van der Waals surface area (Å²) in [6, 6.07) is 55.1. The summed E-state index contributed by atoms with van der Waals surface area (Å²) >= 11 is 0. The quantitative estimate of drug-likeness (QED) is 0.0254. The maximum absolute atomic E-state index is 13.0. The van der Waals surface area contributed by atoms with Crippen LogP contribution >= 0.6 is 0 Å². The van der Waals surface area contributed by atoms with Gasteiger partial charge in [-0.15, -0.1) is 0 Å². The van der Waals surface area contributed by atoms with Crippen molar-refractivity contribution in [1.29, 1.82) is 0 Å². The van der Waals surface area contributed by atoms with Crippen LogP contribution in [0.2, 0.25) is 0 Å². The van der Waals surface area contributed by atoms with Crippen LogP contribution in [0.15, 0.2) is 219 Å². The minimum absolute atomic E-state index is 0.101. The van der Waals surface area contributed by atoms with E-state index in [1.807, 2.05) is 170 Å². The Morgan fingerprint density at radius 2 is 0.603 bits per heavy atom. The Kier molecular flexibility index (Phi) is 29.5. The normalized spacial score (nSPS) is 15.9. The van der Waals surface area contributed by atoms with Gasteiger partial charge in [-0.05, 0) is 105 Å². The number of Topliss-reactive ketones (excluding diaryl/α,β-unsaturated/α-hetero) is 4. The number of aromatic nitrogens is 16. The van der Waals surface area contributed by atoms with E-state index in [9.17, 15) is 67.5 Å². The van der Waals surface area contributed by atoms with E-state index in [4.69, 9.17) is 42.9 Å². The van der Waals surface area contributed by atoms with Crippen molar-refractivity contribution in [2.75, 3.05) is 108 Å². The fraction of sp³-hybridized carbons (Fsp3) is 0.299. The van der Waals surface area contributed by atoms with Crippen molar-refractivity contribution in [3.63, 3.8) is 0 Å². The van der Waals surface area contributed by atoms with Gasteiger partial charge in [-0.2, -0.15) is 38.5 Å². The number of piperidine rings is 1. The first-order chi connectivity index (χ1) is 70.1. The summed E-state index contributed by atoms with van der Waals surface area (Å²) in [6.45, 7) is 11.6. The molecule has 4 fully saturated rings. The first-order valence-corrected chi connectivity index (χ1v) is 49.7. The number of sulfonamides is 1. The summed E-state index contributed by atoms with van der Waals surface area (Å²) in [7, 11) is -3.33. The SMILES string of the molecule is CC(=O)c1c(C2CCN(C(=O)C(C)(CO)CO)C2)nc2c(-c3ccc(-c4ccccc4)nc3)cnn2c1N.CC(=O)c1c(C2CCN(C(=O)C(C)(CO)CO)CC2)nc2c(-c3ccc(-c4ccccc4)nc3)cnn2c1N.CC(=O)c1c(C2CCN(C(=O)[C@@H](C)O)C2)nc2c(-c3ccc(-c4ccccc4)nc3)cnn2c1N.CC(=O)c1c(C2CCN(S(C)(=O)=O)C2)nc2c(-c3ccc(-c4ccccc4)nc3)cnn2c1N. The molecule has 4 saturated heterocycles. The van der Waals surface area contributed by atoms with Gasteiger partial charge in [-0.1, -0.05) is 146 Å². The average Bonchev–Trinajstić information content (AvgIpc) is 1.59. The molecule has 20 rings (SSSR count). The molecule has 16 aromatic rings. The molecular formula is C107H112N24O14S. The maximum Gasteiger partial charge on any atom is 0.251 e. The van der Waals surface area contributed by atoms with Crippen LogP contribution < -0.4 is 22.9 Å². The third-order valence-corrected chi connectivity index (χ3v) is 28.8. The van der Waals surface area contributed by atoms with Crippen molar-refractivity contribution in [2.45, 2.75) is 110 Å². The van der Waals surface area contributed by atoms with Gasteiger partial charge in [0.2, 0.25) is 21.8 Å². The number of carbonyl (C=O) groups excluding carboxylic acids is 7. The molecule has 13 N–H and O–H groups in total. The molecule has 4 atom stereocenters. The van der Waals surface area contributed by atoms with Gasteiger partial charge in [-0.25, -0.2) is 32.7 Å². The molecule has 4 aliphatic heterocycles. The maximum atomic E-state index is 13.0. The molecule has 146 heavy (non-hydrogen) atoms. The molecule has 3 amide bonds. The second-order valence-electron chi connectivity index (χ2n) is 37.7. The smallest absolute Gasteiger partial charge is 0.251 e. The zero-order chi connectivity index (χ0) is 103. The summed E-state index contributed by atoms with van der Waals surface area (Å²) in [5, 5.41) is 65.9. The lowest BCUT2D eigenvalue weighted by atomic mass is 9.86. The highest BCUT2D eigenvalue weighted by atomic mass is 32.2. The van der Waals surface area contributed by atoms with Gasteiger partial charge in [0.25, 0.3) is 5.91 Å². The predicted octanol–water partition coefficient (Wildman–Crippen LogP) is 11.4. The van der Waals surface area contributed by atoms with Crippen LogP contribution in [-0.2, 0) is 24.4 Å². The standard InChI is InChI=1S/C29H32N6O4.C28H30N6O4.C26H26N6O3.C24H24N6O3S/c1-18(38)24-25(20-10-12-34(13-11-20)28(39)29(2,16-36)17-37)33-27-22(15-32-35(27)26(24)30)21-8-9-23(31-14-21)19-6-4-3-5-7-19;1-17(37)23-24(20-10-11-33(14-20)27(38)28(2,15-35)16-36)32-26-21(13-31-34(26)25(23)29)19-8-9-22(30-12-19)18-6-4-3-5-7-18;1-15(33)22-23(19-10-11-31(14-19)26(35)16(2)34)30-25-20(13-29-32(25)24(22)27)18-8-9-21(28-12-18)17-6-4-3-5-7-17;1-15(31)21-22(18-10-11-29(14-18)34(2,32)33)28-24-19(13-27-30(24)23(21)25)17-8-9-20(26-12-17)16-6-4-3-5-7-16/h3-9,14-15,20,36-37H,10-13,16-17,30H2,1-2H3;3-9,12-13,20,35-36H,10-11,14-16,29H2,1-2H3;3-9,12-13,16,19,34H,10-11,14,27H2,1-2H3;3-9,12-13,18H,10-11,14,25H2,1-2H3/t;;16-,19?;/m..1./s1. The molecule has 4 aliphatic rings. The van der Waals surface area contributed by atoms with E-state index in [1.54, 1.807) is 71.2 Å². The van der Waals surface area contributed by atoms with E-state index in [0.717, 1.165) is 89.5 Å². The lowest BCUT2D eigenvalue weighted by molar-refractivity contribution is -0.147. The van der Waals surface area contributed by atoms with Gasteiger partial charge in [0.05, 0.1) is 136 Å². The summed E-state index contributed by atoms with van der Waals surface area (Å²) in [5.41, 5.74) is 42.4. The fourth-order valence-electron chi connectivity index (χ4n) is 19.3. The van der Waals surface area contributed by atoms with Gasteiger partial charge in [0.15, 0.2) is 45.7 Å². The minimum Gasteiger partial charge on any atom is -0.395 e. The number of nitrogens with zero attached hydrogens (tertiary/aromatic N) is 20. The number of hydrogen-bond acceptors (Lipinski definition) is 30. The lowest BCUT2D eigenvalue weighted by Gasteiger charge is -2.37. The van der Waals surface area contributed by atoms with E-state index >= 15 is 0 Å². The number of nitrogens with two attached hydrogens (primary N) is 4. The number of likely N-dealkylation sites (tertiary alicyclic amines) is 3. The molecular weight excluding hydrogens is 1880 g/mol. The first-order valence-electron chi connectivity index (χ1n) is 47.9. The molecule has 16 heterocycles. The van der Waals surface area contributed by atoms with Crippen molar-refractivity contribution >= 4 is 96.7 Å². The number of amides is 3. The zero-order valence-corrected chi connectivity index (χ0v) is 82.6. The van der Waals surface area contributed by atoms with Crippen molar-refractivity contribution in [3.8, 4) is 89.5 Å². The number of fused-ring (bicyclic) bond motifs is 4. The van der Waals surface area contributed by atoms with Crippen LogP contribution in [-0.4, -0.2) is 263 Å². The molecule has 0 aliphatic carbocycles. The average molecular weight is 1990 g/mol. The number of carbonyl (C=O) groups is 7. The number of anilines is 4. The number of hydrogen-bond donors (Lipinski definition) is 9. The number of aliphatic hydroxyl groups excluding tert-OH is 5. The second-order valence-corrected chi connectivity index (χ2v) is 39.7. The van der Waals surface area contributed by atoms with Crippen LogP contribution in [0.5, 0.6) is 0 Å². The summed E-state index contributed by atoms with van der Waals surface area (Å²) < 4.78 is 31.4. The number of benzene rings is 4. The number of pyridine rings is 4. The predicted molar refractivity (Wildman–Crippen MR) is 551 cm³/mol. The first kappa shape index (κ1) is 101. The number of ketones is 4. The Labute approximate surface area is 840 Å². The third kappa shape index (κ3) is 20.3. The van der Waals surface area contributed by atoms with Crippen molar-refractivity contribution in [2.24, 2.45) is 10.8 Å². The molecule has 38 nitrogen and oxygen atoms in total. The van der Waals surface area contributed by atoms with Crippen molar-refractivity contribution < 1.29 is 67.5 Å². The van der Waals surface area contributed by atoms with Gasteiger partial charge in [0.1, 0.15) is 29.4 Å². The van der Waals surface area contributed by atoms with Crippen molar-refractivity contribution in [3.05, 3.63) is 264 Å². The molecule has 3 unspecified atom stereocenters. The molecule has 0 bridgehead atoms. The van der Waals surface area contributed by atoms with Crippen LogP contribution in [0, 0.1) is 10.8 Å². The van der Waals surface area contributed by atoms with E-state index < -0.39 is 53.4 Å². The Balaban J connectivity index is 0.000000133. The molecule has 12 aromatic heterocycles. The summed E-state index contributed by atoms with van der Waals surface area (Å²) in [5.74, 6) is -1.74. The molecule has 750 valence electrons. The van der Waals surface area contributed by atoms with Gasteiger partial charge in [-0.3, -0.25) is 53.5 Å². The van der Waals surface area contributed by atoms with Crippen molar-refractivity contribution in [1.82, 2.24) is 97.3 Å². The Hall–Kier alpha value is -16.0. The number of aliphatic hydroxyl groups is 5. The van der Waals surface area contributed by atoms with Crippen LogP contribution in [0.25, 0.3) is 112 Å². The lowest BCUT2D eigenvalue weighted by Crippen LogP contribution is -2.49. The third-order valence-electron chi connectivity index (χ3n) is 27.5. The van der Waals surface area contributed by atoms with Crippen LogP contribution in [0.4, 0.5) is 23.3 Å². The largest absolute Gasteiger partial charge is 0.395 e. The van der Waals surface area contributed by atoms with Gasteiger partial charge in [0, 0.05) is 168 Å². The zero-order valence-electron chi connectivity index (χ0n) is 81.8. The topological polar surface area (TPSA) is 544 Å². The number of nitrogen functional groups attached to an aromatic ring is 4.